The molecule has 0 unspecified atom stereocenters. The van der Waals surface area contributed by atoms with E-state index in [1.165, 1.54) is 17.4 Å². The number of aryl methyl sites for hydroxylation is 1. The zero-order valence-corrected chi connectivity index (χ0v) is 21.3. The molecule has 8 nitrogen and oxygen atoms in total. The lowest BCUT2D eigenvalue weighted by molar-refractivity contribution is 0.613. The lowest BCUT2D eigenvalue weighted by Crippen LogP contribution is -2.24. The third-order valence-corrected chi connectivity index (χ3v) is 7.22. The average Bonchev–Trinajstić information content (AvgIpc) is 3.62. The van der Waals surface area contributed by atoms with Crippen LogP contribution in [0.4, 0.5) is 27.5 Å². The van der Waals surface area contributed by atoms with Crippen molar-refractivity contribution < 1.29 is 8.60 Å². The Bertz CT molecular complexity index is 1610. The summed E-state index contributed by atoms with van der Waals surface area (Å²) in [5, 5.41) is 3.66. The Morgan fingerprint density at radius 1 is 1.17 bits per heavy atom. The topological polar surface area (TPSA) is 88.3 Å². The SMILES string of the molecule is CN1CCCc2cc(Nc3ncc4c(F)c(C5CC5)n(-c5cccc(N=S(C)(C)=O)n5)c4n3)ccc21. The molecule has 0 radical (unpaired) electrons. The standard InChI is InChI=1S/C26H28FN7OS/c1-33-13-5-6-17-14-18(11-12-20(17)33)29-26-28-15-19-23(27)24(16-9-10-16)34(25(19)31-26)22-8-4-7-21(30-22)32-36(2,3)35/h4,7-8,11-12,14-16H,5-6,9-10,13H2,1-3H3,(H,28,29,31). The maximum Gasteiger partial charge on any atom is 0.229 e. The summed E-state index contributed by atoms with van der Waals surface area (Å²) in [5.41, 5.74) is 4.43. The predicted octanol–water partition coefficient (Wildman–Crippen LogP) is 5.32. The van der Waals surface area contributed by atoms with E-state index in [2.05, 4.69) is 43.7 Å². The van der Waals surface area contributed by atoms with E-state index in [1.807, 2.05) is 6.07 Å². The summed E-state index contributed by atoms with van der Waals surface area (Å²) in [4.78, 5) is 16.0. The van der Waals surface area contributed by atoms with Crippen molar-refractivity contribution in [2.45, 2.75) is 31.6 Å². The maximum atomic E-state index is 15.6. The van der Waals surface area contributed by atoms with E-state index in [0.717, 1.165) is 37.9 Å². The Hall–Kier alpha value is -3.53. The second-order valence-corrected chi connectivity index (χ2v) is 12.4. The van der Waals surface area contributed by atoms with E-state index < -0.39 is 9.73 Å². The zero-order valence-electron chi connectivity index (χ0n) is 20.5. The van der Waals surface area contributed by atoms with Crippen LogP contribution in [-0.4, -0.2) is 49.8 Å². The lowest BCUT2D eigenvalue weighted by atomic mass is 10.0. The van der Waals surface area contributed by atoms with Gasteiger partial charge < -0.3 is 10.2 Å². The summed E-state index contributed by atoms with van der Waals surface area (Å²) >= 11 is 0. The monoisotopic (exact) mass is 505 g/mol. The molecule has 2 aliphatic rings. The lowest BCUT2D eigenvalue weighted by Gasteiger charge is -2.27. The number of halogens is 1. The van der Waals surface area contributed by atoms with E-state index in [1.54, 1.807) is 35.3 Å². The van der Waals surface area contributed by atoms with Gasteiger partial charge in [-0.05, 0) is 61.6 Å². The molecule has 1 aliphatic heterocycles. The van der Waals surface area contributed by atoms with Crippen LogP contribution in [0, 0.1) is 5.82 Å². The molecule has 0 amide bonds. The van der Waals surface area contributed by atoms with Crippen molar-refractivity contribution in [3.63, 3.8) is 0 Å². The van der Waals surface area contributed by atoms with Crippen LogP contribution in [0.15, 0.2) is 47.0 Å². The van der Waals surface area contributed by atoms with Gasteiger partial charge in [-0.25, -0.2) is 18.6 Å². The molecule has 36 heavy (non-hydrogen) atoms. The van der Waals surface area contributed by atoms with Crippen LogP contribution in [0.1, 0.15) is 36.4 Å². The number of benzene rings is 1. The maximum absolute atomic E-state index is 15.6. The number of rotatable bonds is 5. The molecule has 0 atom stereocenters. The second kappa shape index (κ2) is 8.55. The molecule has 186 valence electrons. The van der Waals surface area contributed by atoms with Gasteiger partial charge in [-0.3, -0.25) is 4.57 Å². The highest BCUT2D eigenvalue weighted by molar-refractivity contribution is 7.92. The number of aromatic nitrogens is 4. The van der Waals surface area contributed by atoms with Gasteiger partial charge >= 0.3 is 0 Å². The molecule has 4 aromatic rings. The molecule has 3 aromatic heterocycles. The van der Waals surface area contributed by atoms with Gasteiger partial charge in [-0.2, -0.15) is 9.35 Å². The van der Waals surface area contributed by atoms with Gasteiger partial charge in [0.25, 0.3) is 0 Å². The summed E-state index contributed by atoms with van der Waals surface area (Å²) in [6, 6.07) is 11.5. The van der Waals surface area contributed by atoms with Crippen molar-refractivity contribution in [2.24, 2.45) is 4.36 Å². The molecule has 1 saturated carbocycles. The van der Waals surface area contributed by atoms with E-state index >= 15 is 4.39 Å². The smallest absolute Gasteiger partial charge is 0.229 e. The van der Waals surface area contributed by atoms with Crippen molar-refractivity contribution in [2.75, 3.05) is 36.3 Å². The summed E-state index contributed by atoms with van der Waals surface area (Å²) in [6.07, 6.45) is 8.64. The molecule has 10 heteroatoms. The molecule has 0 spiro atoms. The van der Waals surface area contributed by atoms with E-state index in [-0.39, 0.29) is 11.7 Å². The van der Waals surface area contributed by atoms with E-state index in [0.29, 0.717) is 34.3 Å². The summed E-state index contributed by atoms with van der Waals surface area (Å²) in [7, 11) is -0.279. The first-order valence-electron chi connectivity index (χ1n) is 12.1. The highest BCUT2D eigenvalue weighted by Gasteiger charge is 2.34. The predicted molar refractivity (Wildman–Crippen MR) is 142 cm³/mol. The van der Waals surface area contributed by atoms with Crippen molar-refractivity contribution in [1.82, 2.24) is 19.5 Å². The fourth-order valence-corrected chi connectivity index (χ4v) is 5.42. The molecule has 1 fully saturated rings. The van der Waals surface area contributed by atoms with E-state index in [9.17, 15) is 4.21 Å². The first-order valence-corrected chi connectivity index (χ1v) is 14.4. The summed E-state index contributed by atoms with van der Waals surface area (Å²) in [6.45, 7) is 1.06. The molecule has 1 aromatic carbocycles. The van der Waals surface area contributed by atoms with Crippen LogP contribution < -0.4 is 10.2 Å². The van der Waals surface area contributed by atoms with Gasteiger partial charge in [0.05, 0.1) is 11.1 Å². The molecule has 1 N–H and O–H groups in total. The summed E-state index contributed by atoms with van der Waals surface area (Å²) < 4.78 is 33.8. The normalized spacial score (nSPS) is 15.7. The highest BCUT2D eigenvalue weighted by Crippen LogP contribution is 2.45. The molecule has 4 heterocycles. The van der Waals surface area contributed by atoms with Crippen molar-refractivity contribution in [3.8, 4) is 5.82 Å². The molecule has 0 saturated heterocycles. The first-order chi connectivity index (χ1) is 17.3. The van der Waals surface area contributed by atoms with Crippen LogP contribution in [0.5, 0.6) is 0 Å². The van der Waals surface area contributed by atoms with Crippen LogP contribution in [0.3, 0.4) is 0 Å². The van der Waals surface area contributed by atoms with Crippen molar-refractivity contribution >= 4 is 43.9 Å². The van der Waals surface area contributed by atoms with Crippen molar-refractivity contribution in [1.29, 1.82) is 0 Å². The number of anilines is 3. The van der Waals surface area contributed by atoms with Crippen molar-refractivity contribution in [3.05, 3.63) is 59.7 Å². The van der Waals surface area contributed by atoms with Crippen LogP contribution in [-0.2, 0) is 16.1 Å². The average molecular weight is 506 g/mol. The zero-order chi connectivity index (χ0) is 25.0. The molecular formula is C26H28FN7OS. The number of nitrogens with zero attached hydrogens (tertiary/aromatic N) is 6. The highest BCUT2D eigenvalue weighted by atomic mass is 32.2. The molecule has 6 rings (SSSR count). The number of nitrogens with one attached hydrogen (secondary N) is 1. The van der Waals surface area contributed by atoms with Gasteiger partial charge in [0.1, 0.15) is 5.82 Å². The fourth-order valence-electron chi connectivity index (χ4n) is 4.86. The third-order valence-electron chi connectivity index (χ3n) is 6.60. The number of hydrogen-bond acceptors (Lipinski definition) is 7. The van der Waals surface area contributed by atoms with Crippen LogP contribution in [0.2, 0.25) is 0 Å². The minimum atomic E-state index is -2.39. The minimum Gasteiger partial charge on any atom is -0.374 e. The van der Waals surface area contributed by atoms with Crippen LogP contribution >= 0.6 is 0 Å². The minimum absolute atomic E-state index is 0.109. The Labute approximate surface area is 209 Å². The molecule has 1 aliphatic carbocycles. The molecule has 0 bridgehead atoms. The van der Waals surface area contributed by atoms with Gasteiger partial charge in [-0.1, -0.05) is 6.07 Å². The largest absolute Gasteiger partial charge is 0.374 e. The van der Waals surface area contributed by atoms with Crippen LogP contribution in [0.25, 0.3) is 16.9 Å². The Morgan fingerprint density at radius 3 is 2.78 bits per heavy atom. The van der Waals surface area contributed by atoms with Gasteiger partial charge in [-0.15, -0.1) is 0 Å². The number of fused-ring (bicyclic) bond motifs is 2. The van der Waals surface area contributed by atoms with E-state index in [4.69, 9.17) is 4.98 Å². The Kier molecular flexibility index (Phi) is 5.44. The second-order valence-electron chi connectivity index (χ2n) is 9.86. The van der Waals surface area contributed by atoms with Gasteiger partial charge in [0.15, 0.2) is 17.3 Å². The Morgan fingerprint density at radius 2 is 2.00 bits per heavy atom. The number of hydrogen-bond donors (Lipinski definition) is 1. The quantitative estimate of drug-likeness (QED) is 0.395. The van der Waals surface area contributed by atoms with Gasteiger partial charge in [0, 0.05) is 59.3 Å². The summed E-state index contributed by atoms with van der Waals surface area (Å²) in [5.74, 6) is 1.03. The Balaban J connectivity index is 1.45. The number of pyridine rings is 1. The molecular weight excluding hydrogens is 477 g/mol. The fraction of sp³-hybridized carbons (Fsp3) is 0.346. The third kappa shape index (κ3) is 4.30. The van der Waals surface area contributed by atoms with Gasteiger partial charge in [0.2, 0.25) is 5.95 Å². The first kappa shape index (κ1) is 22.9.